The maximum absolute atomic E-state index is 10.7. The Hall–Kier alpha value is -1.32. The van der Waals surface area contributed by atoms with E-state index in [1.54, 1.807) is 0 Å². The van der Waals surface area contributed by atoms with E-state index in [2.05, 4.69) is 11.7 Å². The van der Waals surface area contributed by atoms with E-state index < -0.39 is 11.5 Å². The number of amides is 1. The monoisotopic (exact) mass is 140 g/mol. The largest absolute Gasteiger partial charge is 0.375 e. The van der Waals surface area contributed by atoms with E-state index >= 15 is 0 Å². The summed E-state index contributed by atoms with van der Waals surface area (Å²) in [5.41, 5.74) is 3.94. The molecule has 10 heavy (non-hydrogen) atoms. The number of carbonyl (C=O) groups is 1. The van der Waals surface area contributed by atoms with Crippen LogP contribution in [-0.4, -0.2) is 17.7 Å². The molecule has 0 fully saturated rings. The predicted octanol–water partition coefficient (Wildman–Crippen LogP) is -0.197. The molecule has 0 aliphatic carbocycles. The molecule has 2 N–H and O–H groups in total. The van der Waals surface area contributed by atoms with Crippen molar-refractivity contribution in [2.45, 2.75) is 12.0 Å². The molecule has 1 aliphatic rings. The lowest BCUT2D eigenvalue weighted by molar-refractivity contribution is -0.134. The van der Waals surface area contributed by atoms with Crippen molar-refractivity contribution in [2.24, 2.45) is 10.9 Å². The molecule has 0 radical (unpaired) electrons. The van der Waals surface area contributed by atoms with Crippen LogP contribution in [0.15, 0.2) is 17.8 Å². The number of primary amides is 1. The second-order valence-electron chi connectivity index (χ2n) is 2.04. The summed E-state index contributed by atoms with van der Waals surface area (Å²) in [5, 5.41) is 3.43. The molecule has 0 aromatic heterocycles. The first kappa shape index (κ1) is 6.80. The molecule has 1 amide bonds. The number of carbonyl (C=O) groups excluding carboxylic acids is 1. The molecule has 54 valence electrons. The van der Waals surface area contributed by atoms with Gasteiger partial charge in [0.15, 0.2) is 0 Å². The van der Waals surface area contributed by atoms with Gasteiger partial charge in [-0.1, -0.05) is 11.7 Å². The van der Waals surface area contributed by atoms with Crippen LogP contribution in [-0.2, 0) is 9.63 Å². The quantitative estimate of drug-likeness (QED) is 0.540. The number of nitrogens with zero attached hydrogens (tertiary/aromatic N) is 1. The van der Waals surface area contributed by atoms with Crippen molar-refractivity contribution >= 4 is 12.1 Å². The summed E-state index contributed by atoms with van der Waals surface area (Å²) < 4.78 is 0. The maximum atomic E-state index is 10.7. The van der Waals surface area contributed by atoms with Crippen molar-refractivity contribution in [1.82, 2.24) is 0 Å². The van der Waals surface area contributed by atoms with E-state index in [1.165, 1.54) is 12.3 Å². The minimum atomic E-state index is -1.08. The van der Waals surface area contributed by atoms with E-state index in [1.807, 2.05) is 0 Å². The van der Waals surface area contributed by atoms with Crippen molar-refractivity contribution < 1.29 is 9.63 Å². The van der Waals surface area contributed by atoms with Gasteiger partial charge in [0.25, 0.3) is 5.91 Å². The van der Waals surface area contributed by atoms with Crippen molar-refractivity contribution in [2.75, 3.05) is 0 Å². The van der Waals surface area contributed by atoms with E-state index in [9.17, 15) is 4.79 Å². The Morgan fingerprint density at radius 3 is 2.90 bits per heavy atom. The zero-order valence-corrected chi connectivity index (χ0v) is 5.41. The molecular weight excluding hydrogens is 132 g/mol. The highest BCUT2D eigenvalue weighted by molar-refractivity contribution is 5.89. The van der Waals surface area contributed by atoms with Crippen LogP contribution in [0.25, 0.3) is 0 Å². The molecule has 0 spiro atoms. The topological polar surface area (TPSA) is 64.7 Å². The van der Waals surface area contributed by atoms with E-state index in [4.69, 9.17) is 10.6 Å². The SMILES string of the molecule is C=CC1(C(N)=O)CC=NO1. The number of oxime groups is 1. The number of rotatable bonds is 2. The van der Waals surface area contributed by atoms with Crippen LogP contribution in [0.1, 0.15) is 6.42 Å². The predicted molar refractivity (Wildman–Crippen MR) is 36.3 cm³/mol. The molecule has 0 aromatic carbocycles. The first-order valence-corrected chi connectivity index (χ1v) is 2.85. The molecule has 1 aliphatic heterocycles. The molecule has 1 rings (SSSR count). The molecule has 1 unspecified atom stereocenters. The summed E-state index contributed by atoms with van der Waals surface area (Å²) in [4.78, 5) is 15.4. The first-order valence-electron chi connectivity index (χ1n) is 2.85. The van der Waals surface area contributed by atoms with Gasteiger partial charge in [-0.05, 0) is 6.08 Å². The standard InChI is InChI=1S/C6H8N2O2/c1-2-6(5(7)9)3-4-8-10-6/h2,4H,1,3H2,(H2,7,9). The fourth-order valence-electron chi connectivity index (χ4n) is 0.708. The number of nitrogens with two attached hydrogens (primary N) is 1. The lowest BCUT2D eigenvalue weighted by Gasteiger charge is -2.16. The van der Waals surface area contributed by atoms with E-state index in [0.717, 1.165) is 0 Å². The zero-order chi connectivity index (χ0) is 7.61. The minimum Gasteiger partial charge on any atom is -0.375 e. The summed E-state index contributed by atoms with van der Waals surface area (Å²) in [6.45, 7) is 3.43. The van der Waals surface area contributed by atoms with Gasteiger partial charge >= 0.3 is 0 Å². The van der Waals surface area contributed by atoms with Gasteiger partial charge < -0.3 is 10.6 Å². The Labute approximate surface area is 58.3 Å². The van der Waals surface area contributed by atoms with Crippen LogP contribution in [0.4, 0.5) is 0 Å². The maximum Gasteiger partial charge on any atom is 0.268 e. The van der Waals surface area contributed by atoms with Crippen LogP contribution in [0.2, 0.25) is 0 Å². The summed E-state index contributed by atoms with van der Waals surface area (Å²) in [6, 6.07) is 0. The third-order valence-electron chi connectivity index (χ3n) is 1.43. The van der Waals surface area contributed by atoms with Gasteiger partial charge in [-0.2, -0.15) is 0 Å². The molecule has 0 bridgehead atoms. The van der Waals surface area contributed by atoms with Gasteiger partial charge in [0.1, 0.15) is 0 Å². The Bertz CT molecular complexity index is 190. The van der Waals surface area contributed by atoms with E-state index in [-0.39, 0.29) is 0 Å². The second-order valence-corrected chi connectivity index (χ2v) is 2.04. The average molecular weight is 140 g/mol. The molecule has 0 aromatic rings. The Kier molecular flexibility index (Phi) is 1.45. The van der Waals surface area contributed by atoms with Crippen molar-refractivity contribution in [3.05, 3.63) is 12.7 Å². The summed E-state index contributed by atoms with van der Waals surface area (Å²) in [5.74, 6) is -0.556. The molecule has 1 atom stereocenters. The second kappa shape index (κ2) is 2.13. The third kappa shape index (κ3) is 0.775. The van der Waals surface area contributed by atoms with Crippen LogP contribution < -0.4 is 5.73 Å². The average Bonchev–Trinajstić information content (AvgIpc) is 2.35. The zero-order valence-electron chi connectivity index (χ0n) is 5.41. The summed E-state index contributed by atoms with van der Waals surface area (Å²) in [7, 11) is 0. The van der Waals surface area contributed by atoms with Crippen LogP contribution in [0.5, 0.6) is 0 Å². The lowest BCUT2D eigenvalue weighted by atomic mass is 10.0. The van der Waals surface area contributed by atoms with Gasteiger partial charge in [0.2, 0.25) is 5.60 Å². The summed E-state index contributed by atoms with van der Waals surface area (Å²) >= 11 is 0. The summed E-state index contributed by atoms with van der Waals surface area (Å²) in [6.07, 6.45) is 3.24. The van der Waals surface area contributed by atoms with Gasteiger partial charge in [0.05, 0.1) is 0 Å². The molecule has 1 heterocycles. The fourth-order valence-corrected chi connectivity index (χ4v) is 0.708. The van der Waals surface area contributed by atoms with Gasteiger partial charge in [-0.3, -0.25) is 4.79 Å². The van der Waals surface area contributed by atoms with Crippen LogP contribution in [0, 0.1) is 0 Å². The third-order valence-corrected chi connectivity index (χ3v) is 1.43. The molecule has 4 nitrogen and oxygen atoms in total. The molecule has 4 heteroatoms. The minimum absolute atomic E-state index is 0.381. The number of hydrogen-bond acceptors (Lipinski definition) is 3. The smallest absolute Gasteiger partial charge is 0.268 e. The first-order chi connectivity index (χ1) is 4.71. The van der Waals surface area contributed by atoms with Crippen molar-refractivity contribution in [3.8, 4) is 0 Å². The normalized spacial score (nSPS) is 29.6. The number of hydrogen-bond donors (Lipinski definition) is 1. The highest BCUT2D eigenvalue weighted by Gasteiger charge is 2.38. The Morgan fingerprint density at radius 2 is 2.70 bits per heavy atom. The Morgan fingerprint density at radius 1 is 2.00 bits per heavy atom. The van der Waals surface area contributed by atoms with Crippen molar-refractivity contribution in [1.29, 1.82) is 0 Å². The molecular formula is C6H8N2O2. The van der Waals surface area contributed by atoms with Gasteiger partial charge in [-0.25, -0.2) is 0 Å². The van der Waals surface area contributed by atoms with Crippen LogP contribution >= 0.6 is 0 Å². The molecule has 0 saturated heterocycles. The van der Waals surface area contributed by atoms with Gasteiger partial charge in [0, 0.05) is 12.6 Å². The van der Waals surface area contributed by atoms with Gasteiger partial charge in [-0.15, -0.1) is 0 Å². The highest BCUT2D eigenvalue weighted by Crippen LogP contribution is 2.20. The highest BCUT2D eigenvalue weighted by atomic mass is 16.7. The molecule has 0 saturated carbocycles. The lowest BCUT2D eigenvalue weighted by Crippen LogP contribution is -2.41. The van der Waals surface area contributed by atoms with Crippen LogP contribution in [0.3, 0.4) is 0 Å². The fraction of sp³-hybridized carbons (Fsp3) is 0.333. The van der Waals surface area contributed by atoms with E-state index in [0.29, 0.717) is 6.42 Å². The van der Waals surface area contributed by atoms with Crippen molar-refractivity contribution in [3.63, 3.8) is 0 Å². The Balaban J connectivity index is 2.80.